The van der Waals surface area contributed by atoms with E-state index in [4.69, 9.17) is 11.6 Å². The van der Waals surface area contributed by atoms with E-state index in [2.05, 4.69) is 25.1 Å². The van der Waals surface area contributed by atoms with Crippen molar-refractivity contribution in [2.45, 2.75) is 37.7 Å². The second kappa shape index (κ2) is 5.23. The van der Waals surface area contributed by atoms with Crippen LogP contribution < -0.4 is 0 Å². The first-order chi connectivity index (χ1) is 9.58. The lowest BCUT2D eigenvalue weighted by atomic mass is 9.72. The third-order valence-corrected chi connectivity index (χ3v) is 4.60. The Hall–Kier alpha value is -1.31. The summed E-state index contributed by atoms with van der Waals surface area (Å²) in [5.41, 5.74) is 2.68. The summed E-state index contributed by atoms with van der Waals surface area (Å²) in [7, 11) is 0. The minimum atomic E-state index is -0.770. The average molecular weight is 287 g/mol. The van der Waals surface area contributed by atoms with E-state index in [0.717, 1.165) is 29.0 Å². The van der Waals surface area contributed by atoms with Crippen molar-refractivity contribution in [1.82, 2.24) is 0 Å². The summed E-state index contributed by atoms with van der Waals surface area (Å²) in [6, 6.07) is 16.1. The Kier molecular flexibility index (Phi) is 3.57. The van der Waals surface area contributed by atoms with Gasteiger partial charge < -0.3 is 5.11 Å². The van der Waals surface area contributed by atoms with Gasteiger partial charge in [0.1, 0.15) is 0 Å². The highest BCUT2D eigenvalue weighted by molar-refractivity contribution is 6.30. The van der Waals surface area contributed by atoms with Crippen LogP contribution in [0.15, 0.2) is 48.5 Å². The fourth-order valence-electron chi connectivity index (χ4n) is 3.26. The molecule has 2 unspecified atom stereocenters. The Balaban J connectivity index is 1.98. The highest BCUT2D eigenvalue weighted by Crippen LogP contribution is 2.43. The average Bonchev–Trinajstić information content (AvgIpc) is 2.44. The van der Waals surface area contributed by atoms with Gasteiger partial charge in [0.15, 0.2) is 0 Å². The number of fused-ring (bicyclic) bond motifs is 1. The zero-order valence-corrected chi connectivity index (χ0v) is 12.4. The van der Waals surface area contributed by atoms with Gasteiger partial charge in [-0.1, -0.05) is 54.9 Å². The zero-order chi connectivity index (χ0) is 14.2. The van der Waals surface area contributed by atoms with Gasteiger partial charge in [-0.3, -0.25) is 0 Å². The first-order valence-corrected chi connectivity index (χ1v) is 7.52. The first kappa shape index (κ1) is 13.7. The molecule has 0 aliphatic heterocycles. The summed E-state index contributed by atoms with van der Waals surface area (Å²) in [5.74, 6) is 0.519. The van der Waals surface area contributed by atoms with Crippen LogP contribution in [0, 0.1) is 0 Å². The predicted octanol–water partition coefficient (Wildman–Crippen LogP) is 4.67. The van der Waals surface area contributed by atoms with Crippen molar-refractivity contribution >= 4 is 11.6 Å². The molecule has 1 aliphatic rings. The van der Waals surface area contributed by atoms with Crippen LogP contribution in [0.4, 0.5) is 0 Å². The van der Waals surface area contributed by atoms with Crippen molar-refractivity contribution in [2.75, 3.05) is 0 Å². The van der Waals surface area contributed by atoms with Gasteiger partial charge in [-0.2, -0.15) is 0 Å². The van der Waals surface area contributed by atoms with Crippen LogP contribution in [0.25, 0.3) is 0 Å². The maximum Gasteiger partial charge on any atom is 0.0939 e. The Morgan fingerprint density at radius 1 is 1.20 bits per heavy atom. The van der Waals surface area contributed by atoms with E-state index in [1.807, 2.05) is 30.3 Å². The van der Waals surface area contributed by atoms with E-state index in [-0.39, 0.29) is 0 Å². The lowest BCUT2D eigenvalue weighted by molar-refractivity contribution is 0.0159. The van der Waals surface area contributed by atoms with E-state index >= 15 is 0 Å². The van der Waals surface area contributed by atoms with Crippen LogP contribution in [0.3, 0.4) is 0 Å². The topological polar surface area (TPSA) is 20.2 Å². The Labute approximate surface area is 125 Å². The van der Waals surface area contributed by atoms with Crippen molar-refractivity contribution in [3.05, 3.63) is 70.2 Å². The molecule has 0 bridgehead atoms. The monoisotopic (exact) mass is 286 g/mol. The number of hydrogen-bond acceptors (Lipinski definition) is 1. The van der Waals surface area contributed by atoms with Crippen molar-refractivity contribution in [1.29, 1.82) is 0 Å². The minimum Gasteiger partial charge on any atom is -0.385 e. The molecule has 104 valence electrons. The minimum absolute atomic E-state index is 0.519. The highest BCUT2D eigenvalue weighted by atomic mass is 35.5. The van der Waals surface area contributed by atoms with E-state index < -0.39 is 5.60 Å². The molecule has 2 atom stereocenters. The Morgan fingerprint density at radius 3 is 2.80 bits per heavy atom. The van der Waals surface area contributed by atoms with E-state index in [1.54, 1.807) is 0 Å². The van der Waals surface area contributed by atoms with Crippen LogP contribution >= 0.6 is 11.6 Å². The van der Waals surface area contributed by atoms with Gasteiger partial charge in [0, 0.05) is 11.4 Å². The van der Waals surface area contributed by atoms with Gasteiger partial charge in [-0.05, 0) is 47.6 Å². The molecule has 0 radical (unpaired) electrons. The maximum atomic E-state index is 11.1. The van der Waals surface area contributed by atoms with E-state index in [9.17, 15) is 5.11 Å². The van der Waals surface area contributed by atoms with Crippen LogP contribution in [-0.2, 0) is 12.0 Å². The molecule has 20 heavy (non-hydrogen) atoms. The maximum absolute atomic E-state index is 11.1. The molecule has 0 saturated heterocycles. The van der Waals surface area contributed by atoms with Gasteiger partial charge in [0.2, 0.25) is 0 Å². The molecule has 0 amide bonds. The smallest absolute Gasteiger partial charge is 0.0939 e. The molecule has 2 aromatic rings. The molecular weight excluding hydrogens is 268 g/mol. The molecule has 0 aromatic heterocycles. The summed E-state index contributed by atoms with van der Waals surface area (Å²) in [6.45, 7) is 2.23. The summed E-state index contributed by atoms with van der Waals surface area (Å²) in [6.07, 6.45) is 2.45. The summed E-state index contributed by atoms with van der Waals surface area (Å²) >= 11 is 6.05. The fourth-order valence-corrected chi connectivity index (χ4v) is 3.48. The standard InChI is InChI=1S/C18H19ClO/c1-13-9-10-18(20,17-8-3-2-7-16(13)17)12-14-5-4-6-15(19)11-14/h2-8,11,13,20H,9-10,12H2,1H3. The molecule has 0 spiro atoms. The Morgan fingerprint density at radius 2 is 2.00 bits per heavy atom. The van der Waals surface area contributed by atoms with Gasteiger partial charge in [-0.25, -0.2) is 0 Å². The summed E-state index contributed by atoms with van der Waals surface area (Å²) < 4.78 is 0. The van der Waals surface area contributed by atoms with Crippen molar-refractivity contribution in [2.24, 2.45) is 0 Å². The summed E-state index contributed by atoms with van der Waals surface area (Å²) in [4.78, 5) is 0. The van der Waals surface area contributed by atoms with Crippen LogP contribution in [-0.4, -0.2) is 5.11 Å². The van der Waals surface area contributed by atoms with Gasteiger partial charge in [-0.15, -0.1) is 0 Å². The number of rotatable bonds is 2. The van der Waals surface area contributed by atoms with Crippen LogP contribution in [0.1, 0.15) is 42.4 Å². The third-order valence-electron chi connectivity index (χ3n) is 4.37. The molecule has 0 heterocycles. The molecule has 1 aliphatic carbocycles. The quantitative estimate of drug-likeness (QED) is 0.851. The van der Waals surface area contributed by atoms with Crippen LogP contribution in [0.5, 0.6) is 0 Å². The summed E-state index contributed by atoms with van der Waals surface area (Å²) in [5, 5.41) is 11.9. The molecule has 0 fully saturated rings. The van der Waals surface area contributed by atoms with E-state index in [0.29, 0.717) is 12.3 Å². The second-order valence-corrected chi connectivity index (χ2v) is 6.30. The molecule has 2 heteroatoms. The molecule has 3 rings (SSSR count). The third kappa shape index (κ3) is 2.48. The van der Waals surface area contributed by atoms with Crippen molar-refractivity contribution < 1.29 is 5.11 Å². The highest BCUT2D eigenvalue weighted by Gasteiger charge is 2.36. The predicted molar refractivity (Wildman–Crippen MR) is 83.1 cm³/mol. The molecule has 0 saturated carbocycles. The van der Waals surface area contributed by atoms with Gasteiger partial charge in [0.25, 0.3) is 0 Å². The molecule has 1 nitrogen and oxygen atoms in total. The van der Waals surface area contributed by atoms with E-state index in [1.165, 1.54) is 5.56 Å². The number of benzene rings is 2. The Bertz CT molecular complexity index is 622. The SMILES string of the molecule is CC1CCC(O)(Cc2cccc(Cl)c2)c2ccccc21. The number of aliphatic hydroxyl groups is 1. The van der Waals surface area contributed by atoms with Gasteiger partial charge in [0.05, 0.1) is 5.60 Å². The normalized spacial score (nSPS) is 25.2. The molecule has 1 N–H and O–H groups in total. The van der Waals surface area contributed by atoms with Gasteiger partial charge >= 0.3 is 0 Å². The molecular formula is C18H19ClO. The first-order valence-electron chi connectivity index (χ1n) is 7.15. The fraction of sp³-hybridized carbons (Fsp3) is 0.333. The van der Waals surface area contributed by atoms with Crippen molar-refractivity contribution in [3.63, 3.8) is 0 Å². The number of hydrogen-bond donors (Lipinski definition) is 1. The van der Waals surface area contributed by atoms with Crippen LogP contribution in [0.2, 0.25) is 5.02 Å². The number of halogens is 1. The largest absolute Gasteiger partial charge is 0.385 e. The lowest BCUT2D eigenvalue weighted by Gasteiger charge is -2.37. The second-order valence-electron chi connectivity index (χ2n) is 5.87. The zero-order valence-electron chi connectivity index (χ0n) is 11.6. The lowest BCUT2D eigenvalue weighted by Crippen LogP contribution is -2.33. The molecule has 2 aromatic carbocycles. The van der Waals surface area contributed by atoms with Crippen molar-refractivity contribution in [3.8, 4) is 0 Å².